The first-order valence-electron chi connectivity index (χ1n) is 7.71. The minimum atomic E-state index is -0.414. The van der Waals surface area contributed by atoms with Gasteiger partial charge in [0.25, 0.3) is 0 Å². The summed E-state index contributed by atoms with van der Waals surface area (Å²) in [6, 6.07) is 8.08. The van der Waals surface area contributed by atoms with E-state index in [0.29, 0.717) is 6.61 Å². The van der Waals surface area contributed by atoms with Gasteiger partial charge in [-0.15, -0.1) is 0 Å². The fourth-order valence-electron chi connectivity index (χ4n) is 3.56. The lowest BCUT2D eigenvalue weighted by Gasteiger charge is -2.40. The second-order valence-corrected chi connectivity index (χ2v) is 7.27. The van der Waals surface area contributed by atoms with Crippen LogP contribution < -0.4 is 0 Å². The SMILES string of the molecule is COCc1ccccc1C(O)C1CCOC2(CCSC2)C1. The van der Waals surface area contributed by atoms with Crippen molar-refractivity contribution in [2.75, 3.05) is 25.2 Å². The molecule has 3 atom stereocenters. The maximum Gasteiger partial charge on any atom is 0.0823 e. The van der Waals surface area contributed by atoms with Gasteiger partial charge in [0.05, 0.1) is 18.3 Å². The van der Waals surface area contributed by atoms with Crippen molar-refractivity contribution in [3.05, 3.63) is 35.4 Å². The van der Waals surface area contributed by atoms with E-state index in [1.807, 2.05) is 36.0 Å². The van der Waals surface area contributed by atoms with Crippen LogP contribution in [0.5, 0.6) is 0 Å². The zero-order valence-corrected chi connectivity index (χ0v) is 13.4. The predicted molar refractivity (Wildman–Crippen MR) is 85.5 cm³/mol. The Morgan fingerprint density at radius 3 is 3.10 bits per heavy atom. The monoisotopic (exact) mass is 308 g/mol. The molecule has 1 spiro atoms. The summed E-state index contributed by atoms with van der Waals surface area (Å²) in [5.41, 5.74) is 2.13. The Morgan fingerprint density at radius 1 is 1.48 bits per heavy atom. The van der Waals surface area contributed by atoms with E-state index in [9.17, 15) is 5.11 Å². The number of rotatable bonds is 4. The molecule has 3 unspecified atom stereocenters. The average molecular weight is 308 g/mol. The fraction of sp³-hybridized carbons (Fsp3) is 0.647. The number of aliphatic hydroxyl groups excluding tert-OH is 1. The van der Waals surface area contributed by atoms with Crippen molar-refractivity contribution in [2.24, 2.45) is 5.92 Å². The van der Waals surface area contributed by atoms with Gasteiger partial charge in [0.2, 0.25) is 0 Å². The average Bonchev–Trinajstić information content (AvgIpc) is 2.95. The largest absolute Gasteiger partial charge is 0.388 e. The molecule has 0 radical (unpaired) electrons. The lowest BCUT2D eigenvalue weighted by atomic mass is 9.79. The van der Waals surface area contributed by atoms with E-state index in [2.05, 4.69) is 0 Å². The molecule has 3 nitrogen and oxygen atoms in total. The first kappa shape index (κ1) is 15.3. The van der Waals surface area contributed by atoms with Gasteiger partial charge in [-0.05, 0) is 42.1 Å². The normalized spacial score (nSPS) is 30.7. The molecule has 21 heavy (non-hydrogen) atoms. The maximum absolute atomic E-state index is 10.9. The lowest BCUT2D eigenvalue weighted by Crippen LogP contribution is -2.41. The third-order valence-electron chi connectivity index (χ3n) is 4.72. The van der Waals surface area contributed by atoms with Crippen LogP contribution in [0.3, 0.4) is 0 Å². The van der Waals surface area contributed by atoms with Crippen LogP contribution in [0.2, 0.25) is 0 Å². The highest BCUT2D eigenvalue weighted by Gasteiger charge is 2.42. The van der Waals surface area contributed by atoms with Gasteiger partial charge in [0, 0.05) is 19.5 Å². The van der Waals surface area contributed by atoms with Gasteiger partial charge < -0.3 is 14.6 Å². The minimum absolute atomic E-state index is 0.0186. The number of benzene rings is 1. The number of hydrogen-bond donors (Lipinski definition) is 1. The van der Waals surface area contributed by atoms with Gasteiger partial charge in [-0.1, -0.05) is 24.3 Å². The van der Waals surface area contributed by atoms with Crippen molar-refractivity contribution >= 4 is 11.8 Å². The van der Waals surface area contributed by atoms with Gasteiger partial charge in [0.1, 0.15) is 0 Å². The summed E-state index contributed by atoms with van der Waals surface area (Å²) in [7, 11) is 1.70. The van der Waals surface area contributed by atoms with Crippen LogP contribution in [0.25, 0.3) is 0 Å². The standard InChI is InChI=1S/C17H24O3S/c1-19-11-14-4-2-3-5-15(14)16(18)13-6-8-20-17(10-13)7-9-21-12-17/h2-5,13,16,18H,6-12H2,1H3. The van der Waals surface area contributed by atoms with Crippen LogP contribution in [-0.4, -0.2) is 35.9 Å². The summed E-state index contributed by atoms with van der Waals surface area (Å²) in [4.78, 5) is 0. The molecule has 3 rings (SSSR count). The molecule has 0 saturated carbocycles. The molecule has 4 heteroatoms. The summed E-state index contributed by atoms with van der Waals surface area (Å²) in [5.74, 6) is 2.55. The number of thioether (sulfide) groups is 1. The van der Waals surface area contributed by atoms with Crippen LogP contribution in [0.15, 0.2) is 24.3 Å². The van der Waals surface area contributed by atoms with Crippen molar-refractivity contribution in [2.45, 2.75) is 37.6 Å². The molecule has 2 saturated heterocycles. The summed E-state index contributed by atoms with van der Waals surface area (Å²) in [6.07, 6.45) is 2.63. The zero-order chi connectivity index (χ0) is 14.7. The lowest BCUT2D eigenvalue weighted by molar-refractivity contribution is -0.102. The van der Waals surface area contributed by atoms with E-state index >= 15 is 0 Å². The van der Waals surface area contributed by atoms with E-state index in [-0.39, 0.29) is 11.5 Å². The minimum Gasteiger partial charge on any atom is -0.388 e. The first-order valence-corrected chi connectivity index (χ1v) is 8.86. The van der Waals surface area contributed by atoms with Crippen LogP contribution in [0.1, 0.15) is 36.5 Å². The number of methoxy groups -OCH3 is 1. The summed E-state index contributed by atoms with van der Waals surface area (Å²) < 4.78 is 11.3. The molecule has 2 aliphatic rings. The molecule has 0 aliphatic carbocycles. The summed E-state index contributed by atoms with van der Waals surface area (Å²) in [6.45, 7) is 1.33. The van der Waals surface area contributed by atoms with Crippen molar-refractivity contribution in [1.82, 2.24) is 0 Å². The zero-order valence-electron chi connectivity index (χ0n) is 12.6. The van der Waals surface area contributed by atoms with Crippen molar-refractivity contribution < 1.29 is 14.6 Å². The number of ether oxygens (including phenoxy) is 2. The number of hydrogen-bond acceptors (Lipinski definition) is 4. The van der Waals surface area contributed by atoms with E-state index in [4.69, 9.17) is 9.47 Å². The molecule has 116 valence electrons. The molecule has 0 amide bonds. The van der Waals surface area contributed by atoms with E-state index < -0.39 is 6.10 Å². The van der Waals surface area contributed by atoms with Gasteiger partial charge in [0.15, 0.2) is 0 Å². The molecule has 0 aromatic heterocycles. The topological polar surface area (TPSA) is 38.7 Å². The molecule has 1 aromatic carbocycles. The van der Waals surface area contributed by atoms with E-state index in [1.54, 1.807) is 7.11 Å². The summed E-state index contributed by atoms with van der Waals surface area (Å²) in [5, 5.41) is 10.9. The maximum atomic E-state index is 10.9. The van der Waals surface area contributed by atoms with E-state index in [0.717, 1.165) is 42.7 Å². The first-order chi connectivity index (χ1) is 10.2. The molecule has 2 fully saturated rings. The highest BCUT2D eigenvalue weighted by Crippen LogP contribution is 2.44. The molecule has 2 heterocycles. The molecule has 1 aromatic rings. The predicted octanol–water partition coefficient (Wildman–Crippen LogP) is 3.17. The van der Waals surface area contributed by atoms with Gasteiger partial charge in [-0.2, -0.15) is 11.8 Å². The van der Waals surface area contributed by atoms with Crippen molar-refractivity contribution in [3.63, 3.8) is 0 Å². The second kappa shape index (κ2) is 6.69. The highest BCUT2D eigenvalue weighted by atomic mass is 32.2. The molecule has 2 aliphatic heterocycles. The third-order valence-corrected chi connectivity index (χ3v) is 5.94. The van der Waals surface area contributed by atoms with Gasteiger partial charge in [-0.3, -0.25) is 0 Å². The smallest absolute Gasteiger partial charge is 0.0823 e. The third kappa shape index (κ3) is 3.29. The molecular weight excluding hydrogens is 284 g/mol. The van der Waals surface area contributed by atoms with Crippen LogP contribution >= 0.6 is 11.8 Å². The van der Waals surface area contributed by atoms with Gasteiger partial charge in [-0.25, -0.2) is 0 Å². The Morgan fingerprint density at radius 2 is 2.33 bits per heavy atom. The molecule has 0 bridgehead atoms. The van der Waals surface area contributed by atoms with Crippen molar-refractivity contribution in [1.29, 1.82) is 0 Å². The number of aliphatic hydroxyl groups is 1. The Bertz CT molecular complexity index is 471. The Hall–Kier alpha value is -0.550. The van der Waals surface area contributed by atoms with Gasteiger partial charge >= 0.3 is 0 Å². The summed E-state index contributed by atoms with van der Waals surface area (Å²) >= 11 is 1.97. The van der Waals surface area contributed by atoms with Crippen LogP contribution in [0, 0.1) is 5.92 Å². The second-order valence-electron chi connectivity index (χ2n) is 6.16. The Balaban J connectivity index is 1.76. The van der Waals surface area contributed by atoms with E-state index in [1.165, 1.54) is 5.75 Å². The fourth-order valence-corrected chi connectivity index (χ4v) is 4.94. The Labute approximate surface area is 131 Å². The molecule has 1 N–H and O–H groups in total. The van der Waals surface area contributed by atoms with Crippen LogP contribution in [0.4, 0.5) is 0 Å². The highest BCUT2D eigenvalue weighted by molar-refractivity contribution is 7.99. The van der Waals surface area contributed by atoms with Crippen molar-refractivity contribution in [3.8, 4) is 0 Å². The van der Waals surface area contributed by atoms with Crippen LogP contribution in [-0.2, 0) is 16.1 Å². The quantitative estimate of drug-likeness (QED) is 0.927. The molecular formula is C17H24O3S. The Kier molecular flexibility index (Phi) is 4.89.